The van der Waals surface area contributed by atoms with E-state index in [0.29, 0.717) is 25.8 Å². The predicted molar refractivity (Wildman–Crippen MR) is 65.5 cm³/mol. The minimum atomic E-state index is -1.14. The van der Waals surface area contributed by atoms with Crippen LogP contribution in [-0.2, 0) is 0 Å². The summed E-state index contributed by atoms with van der Waals surface area (Å²) in [6.45, 7) is 1.01. The highest BCUT2D eigenvalue weighted by molar-refractivity contribution is 5.65. The van der Waals surface area contributed by atoms with E-state index in [4.69, 9.17) is 15.3 Å². The molecule has 9 heteroatoms. The van der Waals surface area contributed by atoms with E-state index in [2.05, 4.69) is 10.6 Å². The van der Waals surface area contributed by atoms with Gasteiger partial charge in [-0.05, 0) is 19.3 Å². The molecule has 9 nitrogen and oxygen atoms in total. The second-order valence-corrected chi connectivity index (χ2v) is 3.79. The molecule has 0 aromatic rings. The quantitative estimate of drug-likeness (QED) is 0.392. The van der Waals surface area contributed by atoms with Crippen molar-refractivity contribution in [3.05, 3.63) is 0 Å². The zero-order valence-corrected chi connectivity index (χ0v) is 10.5. The number of nitrogens with one attached hydrogen (secondary N) is 2. The molecular formula is C10H19N3O6. The van der Waals surface area contributed by atoms with Crippen molar-refractivity contribution in [3.8, 4) is 0 Å². The van der Waals surface area contributed by atoms with E-state index in [1.807, 2.05) is 0 Å². The molecule has 0 aliphatic rings. The molecule has 0 radical (unpaired) electrons. The van der Waals surface area contributed by atoms with E-state index < -0.39 is 18.3 Å². The largest absolute Gasteiger partial charge is 0.465 e. The van der Waals surface area contributed by atoms with E-state index in [9.17, 15) is 14.4 Å². The molecule has 0 aliphatic heterocycles. The third-order valence-electron chi connectivity index (χ3n) is 2.28. The van der Waals surface area contributed by atoms with Gasteiger partial charge in [-0.25, -0.2) is 14.4 Å². The first-order valence-corrected chi connectivity index (χ1v) is 5.85. The highest BCUT2D eigenvalue weighted by Gasteiger charge is 2.10. The monoisotopic (exact) mass is 277 g/mol. The van der Waals surface area contributed by atoms with Crippen molar-refractivity contribution in [2.45, 2.75) is 19.3 Å². The SMILES string of the molecule is O=C(O)NCCCCN(CCCNC(=O)O)C(=O)O. The molecule has 0 saturated carbocycles. The Kier molecular flexibility index (Phi) is 8.67. The van der Waals surface area contributed by atoms with Crippen LogP contribution in [-0.4, -0.2) is 64.7 Å². The molecule has 0 rings (SSSR count). The zero-order chi connectivity index (χ0) is 14.7. The van der Waals surface area contributed by atoms with E-state index in [-0.39, 0.29) is 19.6 Å². The molecule has 0 heterocycles. The van der Waals surface area contributed by atoms with E-state index >= 15 is 0 Å². The summed E-state index contributed by atoms with van der Waals surface area (Å²) in [7, 11) is 0. The molecule has 0 bridgehead atoms. The lowest BCUT2D eigenvalue weighted by Gasteiger charge is -2.18. The Labute approximate surface area is 110 Å². The molecule has 0 unspecified atom stereocenters. The Morgan fingerprint density at radius 3 is 1.74 bits per heavy atom. The van der Waals surface area contributed by atoms with Gasteiger partial charge in [-0.3, -0.25) is 0 Å². The van der Waals surface area contributed by atoms with Gasteiger partial charge in [0, 0.05) is 26.2 Å². The fraction of sp³-hybridized carbons (Fsp3) is 0.700. The number of amides is 3. The van der Waals surface area contributed by atoms with Crippen LogP contribution < -0.4 is 10.6 Å². The van der Waals surface area contributed by atoms with Crippen LogP contribution in [0.25, 0.3) is 0 Å². The van der Waals surface area contributed by atoms with Gasteiger partial charge in [-0.2, -0.15) is 0 Å². The topological polar surface area (TPSA) is 139 Å². The summed E-state index contributed by atoms with van der Waals surface area (Å²) in [6.07, 6.45) is -1.83. The number of hydrogen-bond donors (Lipinski definition) is 5. The highest BCUT2D eigenvalue weighted by atomic mass is 16.4. The molecule has 0 spiro atoms. The Morgan fingerprint density at radius 1 is 0.789 bits per heavy atom. The number of carboxylic acid groups (broad SMARTS) is 3. The third kappa shape index (κ3) is 10.7. The molecule has 0 saturated heterocycles. The van der Waals surface area contributed by atoms with Gasteiger partial charge in [0.2, 0.25) is 0 Å². The third-order valence-corrected chi connectivity index (χ3v) is 2.28. The van der Waals surface area contributed by atoms with Crippen LogP contribution in [0.1, 0.15) is 19.3 Å². The minimum absolute atomic E-state index is 0.194. The predicted octanol–water partition coefficient (Wildman–Crippen LogP) is 0.672. The van der Waals surface area contributed by atoms with Gasteiger partial charge >= 0.3 is 18.3 Å². The average molecular weight is 277 g/mol. The fourth-order valence-corrected chi connectivity index (χ4v) is 1.39. The van der Waals surface area contributed by atoms with Crippen LogP contribution in [0.3, 0.4) is 0 Å². The molecule has 0 aromatic carbocycles. The Morgan fingerprint density at radius 2 is 1.26 bits per heavy atom. The van der Waals surface area contributed by atoms with Crippen LogP contribution in [0.15, 0.2) is 0 Å². The van der Waals surface area contributed by atoms with Gasteiger partial charge in [0.1, 0.15) is 0 Å². The maximum absolute atomic E-state index is 10.9. The Hall–Kier alpha value is -2.19. The van der Waals surface area contributed by atoms with Gasteiger partial charge < -0.3 is 30.9 Å². The van der Waals surface area contributed by atoms with Crippen LogP contribution in [0.5, 0.6) is 0 Å². The fourth-order valence-electron chi connectivity index (χ4n) is 1.39. The van der Waals surface area contributed by atoms with Gasteiger partial charge in [0.25, 0.3) is 0 Å². The first-order chi connectivity index (χ1) is 8.93. The molecule has 3 amide bonds. The van der Waals surface area contributed by atoms with Crippen LogP contribution >= 0.6 is 0 Å². The maximum Gasteiger partial charge on any atom is 0.407 e. The van der Waals surface area contributed by atoms with Crippen molar-refractivity contribution < 1.29 is 29.7 Å². The summed E-state index contributed by atoms with van der Waals surface area (Å²) in [6, 6.07) is 0. The summed E-state index contributed by atoms with van der Waals surface area (Å²) in [5, 5.41) is 29.9. The lowest BCUT2D eigenvalue weighted by atomic mass is 10.3. The van der Waals surface area contributed by atoms with Crippen LogP contribution in [0, 0.1) is 0 Å². The summed E-state index contributed by atoms with van der Waals surface area (Å²) in [5.74, 6) is 0. The van der Waals surface area contributed by atoms with Crippen molar-refractivity contribution in [2.24, 2.45) is 0 Å². The maximum atomic E-state index is 10.9. The summed E-state index contributed by atoms with van der Waals surface area (Å²) in [4.78, 5) is 32.4. The summed E-state index contributed by atoms with van der Waals surface area (Å²) < 4.78 is 0. The second kappa shape index (κ2) is 9.80. The Balaban J connectivity index is 3.71. The van der Waals surface area contributed by atoms with Crippen LogP contribution in [0.2, 0.25) is 0 Å². The molecule has 19 heavy (non-hydrogen) atoms. The Bertz CT molecular complexity index is 310. The normalized spacial score (nSPS) is 9.68. The minimum Gasteiger partial charge on any atom is -0.465 e. The van der Waals surface area contributed by atoms with Gasteiger partial charge in [0.15, 0.2) is 0 Å². The molecule has 0 aliphatic carbocycles. The molecule has 110 valence electrons. The zero-order valence-electron chi connectivity index (χ0n) is 10.5. The number of rotatable bonds is 9. The number of carbonyl (C=O) groups is 3. The summed E-state index contributed by atoms with van der Waals surface area (Å²) in [5.41, 5.74) is 0. The van der Waals surface area contributed by atoms with Crippen LogP contribution in [0.4, 0.5) is 14.4 Å². The molecule has 0 aromatic heterocycles. The van der Waals surface area contributed by atoms with Gasteiger partial charge in [-0.15, -0.1) is 0 Å². The van der Waals surface area contributed by atoms with Crippen molar-refractivity contribution in [1.82, 2.24) is 15.5 Å². The number of unbranched alkanes of at least 4 members (excludes halogenated alkanes) is 1. The van der Waals surface area contributed by atoms with Crippen molar-refractivity contribution >= 4 is 18.3 Å². The van der Waals surface area contributed by atoms with E-state index in [0.717, 1.165) is 0 Å². The summed E-state index contributed by atoms with van der Waals surface area (Å²) >= 11 is 0. The molecule has 0 atom stereocenters. The molecule has 0 fully saturated rings. The highest BCUT2D eigenvalue weighted by Crippen LogP contribution is 1.97. The second-order valence-electron chi connectivity index (χ2n) is 3.79. The van der Waals surface area contributed by atoms with Gasteiger partial charge in [-0.1, -0.05) is 0 Å². The van der Waals surface area contributed by atoms with Gasteiger partial charge in [0.05, 0.1) is 0 Å². The lowest BCUT2D eigenvalue weighted by Crippen LogP contribution is -2.34. The van der Waals surface area contributed by atoms with E-state index in [1.54, 1.807) is 0 Å². The lowest BCUT2D eigenvalue weighted by molar-refractivity contribution is 0.143. The first kappa shape index (κ1) is 16.8. The van der Waals surface area contributed by atoms with Crippen molar-refractivity contribution in [1.29, 1.82) is 0 Å². The van der Waals surface area contributed by atoms with Crippen molar-refractivity contribution in [2.75, 3.05) is 26.2 Å². The smallest absolute Gasteiger partial charge is 0.407 e. The number of hydrogen-bond acceptors (Lipinski definition) is 3. The molecule has 5 N–H and O–H groups in total. The van der Waals surface area contributed by atoms with E-state index in [1.165, 1.54) is 4.90 Å². The number of nitrogens with zero attached hydrogens (tertiary/aromatic N) is 1. The average Bonchev–Trinajstić information content (AvgIpc) is 2.30. The standard InChI is InChI=1S/C10H19N3O6/c14-8(15)11-4-1-2-6-13(10(18)19)7-3-5-12-9(16)17/h11-12H,1-7H2,(H,14,15)(H,16,17)(H,18,19). The first-order valence-electron chi connectivity index (χ1n) is 5.85. The van der Waals surface area contributed by atoms with Crippen molar-refractivity contribution in [3.63, 3.8) is 0 Å². The molecular weight excluding hydrogens is 258 g/mol.